The van der Waals surface area contributed by atoms with E-state index in [1.54, 1.807) is 0 Å². The van der Waals surface area contributed by atoms with Crippen LogP contribution in [-0.2, 0) is 11.2 Å². The summed E-state index contributed by atoms with van der Waals surface area (Å²) in [5.74, 6) is 0.723. The van der Waals surface area contributed by atoms with E-state index in [1.165, 1.54) is 47.1 Å². The third kappa shape index (κ3) is 3.99. The van der Waals surface area contributed by atoms with Crippen molar-refractivity contribution in [1.82, 2.24) is 9.88 Å². The third-order valence-corrected chi connectivity index (χ3v) is 8.32. The van der Waals surface area contributed by atoms with Gasteiger partial charge in [0.2, 0.25) is 0 Å². The summed E-state index contributed by atoms with van der Waals surface area (Å²) in [6.45, 7) is 1.00. The molecule has 2 aromatic carbocycles. The van der Waals surface area contributed by atoms with Crippen molar-refractivity contribution in [2.24, 2.45) is 5.92 Å². The number of nitrogens with zero attached hydrogens (tertiary/aromatic N) is 1. The zero-order chi connectivity index (χ0) is 22.2. The Kier molecular flexibility index (Phi) is 5.71. The molecule has 2 N–H and O–H groups in total. The number of aryl methyl sites for hydroxylation is 1. The molecule has 0 bridgehead atoms. The number of carbonyl (C=O) groups is 1. The lowest BCUT2D eigenvalue weighted by atomic mass is 9.79. The smallest absolute Gasteiger partial charge is 0.155 e. The minimum Gasteiger partial charge on any atom is -0.380 e. The number of aromatic amines is 1. The lowest BCUT2D eigenvalue weighted by Gasteiger charge is -2.41. The van der Waals surface area contributed by atoms with E-state index in [0.29, 0.717) is 5.78 Å². The summed E-state index contributed by atoms with van der Waals surface area (Å²) >= 11 is 0. The van der Waals surface area contributed by atoms with Gasteiger partial charge in [0.05, 0.1) is 12.1 Å². The highest BCUT2D eigenvalue weighted by atomic mass is 16.1. The Labute approximate surface area is 196 Å². The molecule has 3 unspecified atom stereocenters. The van der Waals surface area contributed by atoms with Gasteiger partial charge in [-0.1, -0.05) is 55.7 Å². The molecule has 0 radical (unpaired) electrons. The maximum atomic E-state index is 14.2. The molecule has 172 valence electrons. The van der Waals surface area contributed by atoms with Crippen LogP contribution in [0, 0.1) is 5.92 Å². The van der Waals surface area contributed by atoms with Gasteiger partial charge in [0, 0.05) is 28.9 Å². The third-order valence-electron chi connectivity index (χ3n) is 8.32. The molecule has 0 spiro atoms. The Bertz CT molecular complexity index is 1100. The van der Waals surface area contributed by atoms with Gasteiger partial charge in [-0.3, -0.25) is 9.69 Å². The summed E-state index contributed by atoms with van der Waals surface area (Å²) in [5, 5.41) is 5.08. The number of carbonyl (C=O) groups excluding carboxylic acids is 1. The highest BCUT2D eigenvalue weighted by molar-refractivity contribution is 5.88. The number of nitrogens with one attached hydrogen (secondary N) is 2. The lowest BCUT2D eigenvalue weighted by Crippen LogP contribution is -2.54. The number of anilines is 1. The molecule has 0 amide bonds. The summed E-state index contributed by atoms with van der Waals surface area (Å²) in [5.41, 5.74) is 5.06. The van der Waals surface area contributed by atoms with E-state index in [0.717, 1.165) is 45.1 Å². The molecule has 2 aliphatic heterocycles. The first kappa shape index (κ1) is 21.0. The molecule has 1 saturated heterocycles. The lowest BCUT2D eigenvalue weighted by molar-refractivity contribution is -0.130. The number of ketones is 1. The summed E-state index contributed by atoms with van der Waals surface area (Å²) in [6, 6.07) is 19.9. The van der Waals surface area contributed by atoms with Crippen LogP contribution in [0.5, 0.6) is 0 Å². The maximum Gasteiger partial charge on any atom is 0.155 e. The highest BCUT2D eigenvalue weighted by Gasteiger charge is 2.43. The van der Waals surface area contributed by atoms with Crippen molar-refractivity contribution in [3.8, 4) is 0 Å². The number of Topliss-reactive ketones (excluding diaryl/α,β-unsaturated/α-hetero) is 1. The monoisotopic (exact) mass is 441 g/mol. The number of aromatic nitrogens is 1. The van der Waals surface area contributed by atoms with Crippen molar-refractivity contribution in [3.05, 3.63) is 65.9 Å². The molecule has 3 aliphatic rings. The molecule has 4 nitrogen and oxygen atoms in total. The first-order valence-corrected chi connectivity index (χ1v) is 13.0. The number of hydrogen-bond donors (Lipinski definition) is 2. The second kappa shape index (κ2) is 8.98. The number of hydrogen-bond acceptors (Lipinski definition) is 3. The van der Waals surface area contributed by atoms with Crippen molar-refractivity contribution in [1.29, 1.82) is 0 Å². The van der Waals surface area contributed by atoms with E-state index in [-0.39, 0.29) is 24.0 Å². The van der Waals surface area contributed by atoms with Gasteiger partial charge in [-0.2, -0.15) is 0 Å². The summed E-state index contributed by atoms with van der Waals surface area (Å²) in [4.78, 5) is 20.4. The quantitative estimate of drug-likeness (QED) is 0.492. The summed E-state index contributed by atoms with van der Waals surface area (Å²) in [7, 11) is 0. The van der Waals surface area contributed by atoms with Crippen LogP contribution in [-0.4, -0.2) is 34.3 Å². The van der Waals surface area contributed by atoms with E-state index in [1.807, 2.05) is 0 Å². The van der Waals surface area contributed by atoms with Crippen LogP contribution >= 0.6 is 0 Å². The summed E-state index contributed by atoms with van der Waals surface area (Å²) in [6.07, 6.45) is 10.2. The standard InChI is InChI=1S/C29H35N3O/c33-29(21-10-2-1-3-11-21)28(25-17-16-20-9-4-6-13-23(20)30-25)32-18-8-15-27(32)26-19-22-12-5-7-14-24(22)31-26/h4-7,9,12-14,19,21,25,27-28,30-31H,1-3,8,10-11,15-18H2. The van der Waals surface area contributed by atoms with Gasteiger partial charge in [-0.25, -0.2) is 0 Å². The van der Waals surface area contributed by atoms with Crippen LogP contribution in [0.3, 0.4) is 0 Å². The number of rotatable bonds is 5. The van der Waals surface area contributed by atoms with Gasteiger partial charge in [-0.05, 0) is 74.2 Å². The van der Waals surface area contributed by atoms with E-state index >= 15 is 0 Å². The van der Waals surface area contributed by atoms with Gasteiger partial charge < -0.3 is 10.3 Å². The van der Waals surface area contributed by atoms with Gasteiger partial charge in [0.25, 0.3) is 0 Å². The molecular weight excluding hydrogens is 406 g/mol. The largest absolute Gasteiger partial charge is 0.380 e. The number of likely N-dealkylation sites (tertiary alicyclic amines) is 1. The van der Waals surface area contributed by atoms with E-state index in [2.05, 4.69) is 69.8 Å². The second-order valence-electron chi connectivity index (χ2n) is 10.3. The van der Waals surface area contributed by atoms with Gasteiger partial charge in [0.15, 0.2) is 5.78 Å². The van der Waals surface area contributed by atoms with E-state index in [9.17, 15) is 4.79 Å². The molecule has 3 aromatic rings. The first-order chi connectivity index (χ1) is 16.3. The zero-order valence-electron chi connectivity index (χ0n) is 19.4. The Morgan fingerprint density at radius 2 is 1.73 bits per heavy atom. The van der Waals surface area contributed by atoms with Crippen LogP contribution < -0.4 is 5.32 Å². The summed E-state index contributed by atoms with van der Waals surface area (Å²) < 4.78 is 0. The molecule has 33 heavy (non-hydrogen) atoms. The van der Waals surface area contributed by atoms with Gasteiger partial charge >= 0.3 is 0 Å². The molecule has 1 aromatic heterocycles. The van der Waals surface area contributed by atoms with E-state index in [4.69, 9.17) is 0 Å². The van der Waals surface area contributed by atoms with Crippen molar-refractivity contribution >= 4 is 22.4 Å². The maximum absolute atomic E-state index is 14.2. The Morgan fingerprint density at radius 3 is 2.61 bits per heavy atom. The Morgan fingerprint density at radius 1 is 0.909 bits per heavy atom. The molecular formula is C29H35N3O. The fourth-order valence-corrected chi connectivity index (χ4v) is 6.65. The van der Waals surface area contributed by atoms with E-state index < -0.39 is 0 Å². The fraction of sp³-hybridized carbons (Fsp3) is 0.483. The topological polar surface area (TPSA) is 48.1 Å². The highest BCUT2D eigenvalue weighted by Crippen LogP contribution is 2.39. The van der Waals surface area contributed by atoms with Crippen LogP contribution in [0.2, 0.25) is 0 Å². The number of benzene rings is 2. The second-order valence-corrected chi connectivity index (χ2v) is 10.3. The van der Waals surface area contributed by atoms with Crippen LogP contribution in [0.15, 0.2) is 54.6 Å². The Hall–Kier alpha value is -2.59. The van der Waals surface area contributed by atoms with Crippen molar-refractivity contribution in [3.63, 3.8) is 0 Å². The molecule has 3 atom stereocenters. The van der Waals surface area contributed by atoms with Crippen molar-refractivity contribution in [2.45, 2.75) is 75.9 Å². The van der Waals surface area contributed by atoms with Gasteiger partial charge in [0.1, 0.15) is 0 Å². The molecule has 6 rings (SSSR count). The Balaban J connectivity index is 1.34. The van der Waals surface area contributed by atoms with Crippen molar-refractivity contribution < 1.29 is 4.79 Å². The van der Waals surface area contributed by atoms with Crippen LogP contribution in [0.25, 0.3) is 10.9 Å². The minimum absolute atomic E-state index is 0.0552. The molecule has 3 heterocycles. The first-order valence-electron chi connectivity index (χ1n) is 13.0. The predicted octanol–water partition coefficient (Wildman–Crippen LogP) is 6.25. The molecule has 1 aliphatic carbocycles. The predicted molar refractivity (Wildman–Crippen MR) is 135 cm³/mol. The minimum atomic E-state index is -0.0552. The van der Waals surface area contributed by atoms with Crippen molar-refractivity contribution in [2.75, 3.05) is 11.9 Å². The fourth-order valence-electron chi connectivity index (χ4n) is 6.65. The van der Waals surface area contributed by atoms with Crippen LogP contribution in [0.4, 0.5) is 5.69 Å². The van der Waals surface area contributed by atoms with Gasteiger partial charge in [-0.15, -0.1) is 0 Å². The average molecular weight is 442 g/mol. The molecule has 4 heteroatoms. The number of para-hydroxylation sites is 2. The number of fused-ring (bicyclic) bond motifs is 2. The average Bonchev–Trinajstić information content (AvgIpc) is 3.52. The van der Waals surface area contributed by atoms with Crippen LogP contribution in [0.1, 0.15) is 68.7 Å². The number of H-pyrrole nitrogens is 1. The molecule has 2 fully saturated rings. The molecule has 1 saturated carbocycles. The normalized spacial score (nSPS) is 25.0. The zero-order valence-corrected chi connectivity index (χ0v) is 19.4. The SMILES string of the molecule is O=C(C1CCCCC1)C(C1CCc2ccccc2N1)N1CCCC1c1cc2ccccc2[nH]1.